The van der Waals surface area contributed by atoms with E-state index in [1.54, 1.807) is 30.3 Å². The number of esters is 1. The van der Waals surface area contributed by atoms with Crippen LogP contribution in [0.1, 0.15) is 21.5 Å². The predicted octanol–water partition coefficient (Wildman–Crippen LogP) is 3.09. The molecule has 0 bridgehead atoms. The van der Waals surface area contributed by atoms with Crippen LogP contribution in [0.3, 0.4) is 0 Å². The molecule has 0 saturated carbocycles. The minimum absolute atomic E-state index is 0.370. The molecule has 2 rings (SSSR count). The summed E-state index contributed by atoms with van der Waals surface area (Å²) in [6.07, 6.45) is 0. The van der Waals surface area contributed by atoms with E-state index in [0.717, 1.165) is 5.56 Å². The fourth-order valence-electron chi connectivity index (χ4n) is 1.49. The predicted molar refractivity (Wildman–Crippen MR) is 67.3 cm³/mol. The van der Waals surface area contributed by atoms with Crippen LogP contribution in [0, 0.1) is 18.3 Å². The Labute approximate surface area is 105 Å². The van der Waals surface area contributed by atoms with Gasteiger partial charge in [0, 0.05) is 0 Å². The maximum absolute atomic E-state index is 11.8. The molecule has 2 aromatic rings. The molecule has 3 nitrogen and oxygen atoms in total. The molecule has 88 valence electrons. The van der Waals surface area contributed by atoms with Crippen molar-refractivity contribution in [2.75, 3.05) is 0 Å². The number of nitriles is 1. The Kier molecular flexibility index (Phi) is 3.40. The molecule has 0 heterocycles. The highest BCUT2D eigenvalue weighted by molar-refractivity contribution is 5.91. The smallest absolute Gasteiger partial charge is 0.343 e. The second kappa shape index (κ2) is 5.15. The lowest BCUT2D eigenvalue weighted by molar-refractivity contribution is 0.0734. The van der Waals surface area contributed by atoms with Crippen LogP contribution in [0.15, 0.2) is 48.5 Å². The van der Waals surface area contributed by atoms with Gasteiger partial charge in [0.25, 0.3) is 0 Å². The molecule has 0 amide bonds. The zero-order valence-electron chi connectivity index (χ0n) is 9.88. The van der Waals surface area contributed by atoms with Gasteiger partial charge in [-0.3, -0.25) is 0 Å². The van der Waals surface area contributed by atoms with Gasteiger partial charge in [0.1, 0.15) is 5.75 Å². The van der Waals surface area contributed by atoms with Crippen LogP contribution in [0.4, 0.5) is 0 Å². The standard InChI is InChI=1S/C15H11NO2/c1-11-5-7-14(8-6-11)18-15(17)13-4-2-3-12(9-13)10-16/h2-9H,1H3. The van der Waals surface area contributed by atoms with Gasteiger partial charge in [-0.2, -0.15) is 5.26 Å². The lowest BCUT2D eigenvalue weighted by Crippen LogP contribution is -2.08. The molecule has 0 aliphatic heterocycles. The van der Waals surface area contributed by atoms with Crippen molar-refractivity contribution in [3.63, 3.8) is 0 Å². The van der Waals surface area contributed by atoms with Gasteiger partial charge >= 0.3 is 5.97 Å². The van der Waals surface area contributed by atoms with E-state index in [4.69, 9.17) is 10.00 Å². The number of hydrogen-bond acceptors (Lipinski definition) is 3. The number of rotatable bonds is 2. The van der Waals surface area contributed by atoms with Gasteiger partial charge in [0.05, 0.1) is 17.2 Å². The first-order valence-corrected chi connectivity index (χ1v) is 5.48. The SMILES string of the molecule is Cc1ccc(OC(=O)c2cccc(C#N)c2)cc1. The van der Waals surface area contributed by atoms with Crippen LogP contribution < -0.4 is 4.74 Å². The monoisotopic (exact) mass is 237 g/mol. The summed E-state index contributed by atoms with van der Waals surface area (Å²) < 4.78 is 5.21. The summed E-state index contributed by atoms with van der Waals surface area (Å²) in [6.45, 7) is 1.96. The lowest BCUT2D eigenvalue weighted by Gasteiger charge is -2.04. The number of aryl methyl sites for hydroxylation is 1. The number of ether oxygens (including phenoxy) is 1. The second-order valence-corrected chi connectivity index (χ2v) is 3.90. The normalized spacial score (nSPS) is 9.56. The third kappa shape index (κ3) is 2.74. The molecular weight excluding hydrogens is 226 g/mol. The number of carbonyl (C=O) groups is 1. The van der Waals surface area contributed by atoms with Gasteiger partial charge in [-0.15, -0.1) is 0 Å². The van der Waals surface area contributed by atoms with Gasteiger partial charge in [-0.1, -0.05) is 23.8 Å². The summed E-state index contributed by atoms with van der Waals surface area (Å²) in [5, 5.41) is 8.76. The molecule has 0 spiro atoms. The van der Waals surface area contributed by atoms with Crippen LogP contribution in [0.25, 0.3) is 0 Å². The number of carbonyl (C=O) groups excluding carboxylic acids is 1. The van der Waals surface area contributed by atoms with Crippen molar-refractivity contribution < 1.29 is 9.53 Å². The largest absolute Gasteiger partial charge is 0.423 e. The van der Waals surface area contributed by atoms with Gasteiger partial charge in [0.15, 0.2) is 0 Å². The van der Waals surface area contributed by atoms with E-state index in [2.05, 4.69) is 0 Å². The van der Waals surface area contributed by atoms with Crippen molar-refractivity contribution in [2.24, 2.45) is 0 Å². The van der Waals surface area contributed by atoms with E-state index in [1.807, 2.05) is 25.1 Å². The van der Waals surface area contributed by atoms with E-state index in [-0.39, 0.29) is 0 Å². The zero-order valence-corrected chi connectivity index (χ0v) is 9.88. The second-order valence-electron chi connectivity index (χ2n) is 3.90. The fraction of sp³-hybridized carbons (Fsp3) is 0.0667. The van der Waals surface area contributed by atoms with E-state index in [1.165, 1.54) is 6.07 Å². The quantitative estimate of drug-likeness (QED) is 0.595. The first-order chi connectivity index (χ1) is 8.69. The molecule has 0 unspecified atom stereocenters. The average Bonchev–Trinajstić information content (AvgIpc) is 2.41. The Balaban J connectivity index is 2.17. The van der Waals surface area contributed by atoms with Crippen molar-refractivity contribution >= 4 is 5.97 Å². The summed E-state index contributed by atoms with van der Waals surface area (Å²) in [7, 11) is 0. The molecule has 0 radical (unpaired) electrons. The highest BCUT2D eigenvalue weighted by Crippen LogP contribution is 2.14. The highest BCUT2D eigenvalue weighted by Gasteiger charge is 2.08. The molecule has 0 aliphatic carbocycles. The lowest BCUT2D eigenvalue weighted by atomic mass is 10.1. The summed E-state index contributed by atoms with van der Waals surface area (Å²) in [6, 6.07) is 15.6. The maximum atomic E-state index is 11.8. The first-order valence-electron chi connectivity index (χ1n) is 5.48. The van der Waals surface area contributed by atoms with Crippen LogP contribution in [0.5, 0.6) is 5.75 Å². The molecule has 0 aliphatic rings. The zero-order chi connectivity index (χ0) is 13.0. The van der Waals surface area contributed by atoms with Crippen molar-refractivity contribution in [1.29, 1.82) is 5.26 Å². The third-order valence-corrected chi connectivity index (χ3v) is 2.46. The Morgan fingerprint density at radius 3 is 2.56 bits per heavy atom. The van der Waals surface area contributed by atoms with Crippen LogP contribution in [0.2, 0.25) is 0 Å². The van der Waals surface area contributed by atoms with Gasteiger partial charge in [-0.05, 0) is 37.3 Å². The highest BCUT2D eigenvalue weighted by atomic mass is 16.5. The third-order valence-electron chi connectivity index (χ3n) is 2.46. The summed E-state index contributed by atoms with van der Waals surface area (Å²) in [5.41, 5.74) is 1.91. The van der Waals surface area contributed by atoms with Crippen LogP contribution in [-0.2, 0) is 0 Å². The van der Waals surface area contributed by atoms with E-state index in [0.29, 0.717) is 16.9 Å². The summed E-state index contributed by atoms with van der Waals surface area (Å²) in [5.74, 6) is 0.0314. The number of hydrogen-bond donors (Lipinski definition) is 0. The molecule has 0 aromatic heterocycles. The Morgan fingerprint density at radius 1 is 1.17 bits per heavy atom. The molecule has 18 heavy (non-hydrogen) atoms. The molecule has 3 heteroatoms. The maximum Gasteiger partial charge on any atom is 0.343 e. The van der Waals surface area contributed by atoms with Crippen molar-refractivity contribution in [3.8, 4) is 11.8 Å². The number of benzene rings is 2. The Bertz CT molecular complexity index is 609. The fourth-order valence-corrected chi connectivity index (χ4v) is 1.49. The van der Waals surface area contributed by atoms with Crippen LogP contribution >= 0.6 is 0 Å². The van der Waals surface area contributed by atoms with E-state index < -0.39 is 5.97 Å². The topological polar surface area (TPSA) is 50.1 Å². The molecule has 2 aromatic carbocycles. The van der Waals surface area contributed by atoms with E-state index >= 15 is 0 Å². The molecule has 0 saturated heterocycles. The summed E-state index contributed by atoms with van der Waals surface area (Å²) in [4.78, 5) is 11.8. The Hall–Kier alpha value is -2.60. The number of nitrogens with zero attached hydrogens (tertiary/aromatic N) is 1. The minimum Gasteiger partial charge on any atom is -0.423 e. The molecule has 0 atom stereocenters. The first kappa shape index (κ1) is 11.9. The van der Waals surface area contributed by atoms with Crippen molar-refractivity contribution in [3.05, 3.63) is 65.2 Å². The van der Waals surface area contributed by atoms with Crippen molar-refractivity contribution in [1.82, 2.24) is 0 Å². The average molecular weight is 237 g/mol. The summed E-state index contributed by atoms with van der Waals surface area (Å²) >= 11 is 0. The van der Waals surface area contributed by atoms with Crippen LogP contribution in [-0.4, -0.2) is 5.97 Å². The molecule has 0 N–H and O–H groups in total. The van der Waals surface area contributed by atoms with Crippen molar-refractivity contribution in [2.45, 2.75) is 6.92 Å². The Morgan fingerprint density at radius 2 is 1.89 bits per heavy atom. The van der Waals surface area contributed by atoms with Gasteiger partial charge < -0.3 is 4.74 Å². The van der Waals surface area contributed by atoms with E-state index in [9.17, 15) is 4.79 Å². The molecular formula is C15H11NO2. The van der Waals surface area contributed by atoms with Gasteiger partial charge in [0.2, 0.25) is 0 Å². The minimum atomic E-state index is -0.462. The molecule has 0 fully saturated rings. The van der Waals surface area contributed by atoms with Gasteiger partial charge in [-0.25, -0.2) is 4.79 Å².